The third-order valence-corrected chi connectivity index (χ3v) is 5.50. The highest BCUT2D eigenvalue weighted by atomic mass is 35.5. The first-order valence-electron chi connectivity index (χ1n) is 6.83. The third kappa shape index (κ3) is 3.20. The number of hydrogen-bond acceptors (Lipinski definition) is 3. The molecule has 4 nitrogen and oxygen atoms in total. The van der Waals surface area contributed by atoms with Gasteiger partial charge in [-0.25, -0.2) is 8.42 Å². The highest BCUT2D eigenvalue weighted by molar-refractivity contribution is 7.92. The summed E-state index contributed by atoms with van der Waals surface area (Å²) in [6, 6.07) is 11.5. The molecular formula is C16H18ClNO3S. The second-order valence-electron chi connectivity index (χ2n) is 4.78. The zero-order chi connectivity index (χ0) is 16.3. The number of rotatable bonds is 5. The van der Waals surface area contributed by atoms with Gasteiger partial charge in [0, 0.05) is 11.6 Å². The summed E-state index contributed by atoms with van der Waals surface area (Å²) in [6.45, 7) is 3.97. The number of nitrogens with zero attached hydrogens (tertiary/aromatic N) is 1. The van der Waals surface area contributed by atoms with Crippen LogP contribution in [0.2, 0.25) is 5.02 Å². The van der Waals surface area contributed by atoms with E-state index < -0.39 is 10.0 Å². The molecule has 0 unspecified atom stereocenters. The third-order valence-electron chi connectivity index (χ3n) is 3.36. The maximum Gasteiger partial charge on any atom is 0.264 e. The van der Waals surface area contributed by atoms with Gasteiger partial charge in [0.25, 0.3) is 10.0 Å². The van der Waals surface area contributed by atoms with Crippen LogP contribution in [0.3, 0.4) is 0 Å². The van der Waals surface area contributed by atoms with Crippen LogP contribution in [0.5, 0.6) is 5.75 Å². The fraction of sp³-hybridized carbons (Fsp3) is 0.250. The van der Waals surface area contributed by atoms with Crippen molar-refractivity contribution in [3.05, 3.63) is 53.1 Å². The number of hydrogen-bond donors (Lipinski definition) is 0. The van der Waals surface area contributed by atoms with E-state index in [0.29, 0.717) is 23.0 Å². The average molecular weight is 340 g/mol. The summed E-state index contributed by atoms with van der Waals surface area (Å²) in [4.78, 5) is 0.226. The Labute approximate surface area is 136 Å². The molecule has 0 bridgehead atoms. The van der Waals surface area contributed by atoms with Gasteiger partial charge >= 0.3 is 0 Å². The molecule has 118 valence electrons. The molecule has 0 radical (unpaired) electrons. The van der Waals surface area contributed by atoms with Crippen LogP contribution in [0.15, 0.2) is 47.4 Å². The molecule has 0 aliphatic carbocycles. The van der Waals surface area contributed by atoms with Crippen molar-refractivity contribution in [1.82, 2.24) is 0 Å². The van der Waals surface area contributed by atoms with Gasteiger partial charge in [-0.05, 0) is 61.9 Å². The van der Waals surface area contributed by atoms with Crippen LogP contribution in [0, 0.1) is 6.92 Å². The lowest BCUT2D eigenvalue weighted by atomic mass is 10.2. The van der Waals surface area contributed by atoms with E-state index in [1.54, 1.807) is 56.5 Å². The van der Waals surface area contributed by atoms with Crippen molar-refractivity contribution in [2.24, 2.45) is 0 Å². The molecule has 2 aromatic rings. The lowest BCUT2D eigenvalue weighted by Crippen LogP contribution is -2.31. The number of ether oxygens (including phenoxy) is 1. The van der Waals surface area contributed by atoms with Crippen LogP contribution < -0.4 is 9.04 Å². The van der Waals surface area contributed by atoms with Crippen molar-refractivity contribution in [2.45, 2.75) is 18.7 Å². The Morgan fingerprint density at radius 2 is 1.77 bits per heavy atom. The van der Waals surface area contributed by atoms with E-state index in [1.807, 2.05) is 6.92 Å². The Balaban J connectivity index is 2.48. The van der Waals surface area contributed by atoms with Crippen LogP contribution in [0.25, 0.3) is 0 Å². The second kappa shape index (κ2) is 6.58. The van der Waals surface area contributed by atoms with Gasteiger partial charge in [0.2, 0.25) is 0 Å². The van der Waals surface area contributed by atoms with E-state index in [1.165, 1.54) is 4.31 Å². The number of aryl methyl sites for hydroxylation is 1. The van der Waals surface area contributed by atoms with Crippen molar-refractivity contribution in [2.75, 3.05) is 18.0 Å². The van der Waals surface area contributed by atoms with Gasteiger partial charge in [-0.2, -0.15) is 0 Å². The van der Waals surface area contributed by atoms with Crippen molar-refractivity contribution in [1.29, 1.82) is 0 Å². The molecule has 0 aliphatic heterocycles. The number of benzene rings is 2. The molecule has 0 atom stereocenters. The van der Waals surface area contributed by atoms with Crippen LogP contribution >= 0.6 is 11.6 Å². The van der Waals surface area contributed by atoms with E-state index in [0.717, 1.165) is 5.56 Å². The minimum Gasteiger partial charge on any atom is -0.497 e. The second-order valence-corrected chi connectivity index (χ2v) is 7.07. The summed E-state index contributed by atoms with van der Waals surface area (Å²) >= 11 is 5.95. The Kier molecular flexibility index (Phi) is 4.98. The summed E-state index contributed by atoms with van der Waals surface area (Å²) < 4.78 is 32.1. The lowest BCUT2D eigenvalue weighted by Gasteiger charge is -2.24. The maximum atomic E-state index is 12.9. The van der Waals surface area contributed by atoms with Gasteiger partial charge in [0.1, 0.15) is 5.75 Å². The minimum atomic E-state index is -3.63. The maximum absolute atomic E-state index is 12.9. The van der Waals surface area contributed by atoms with Crippen LogP contribution in [-0.4, -0.2) is 22.1 Å². The lowest BCUT2D eigenvalue weighted by molar-refractivity contribution is 0.414. The summed E-state index contributed by atoms with van der Waals surface area (Å²) in [6.07, 6.45) is 0. The topological polar surface area (TPSA) is 46.6 Å². The van der Waals surface area contributed by atoms with Gasteiger partial charge in [-0.15, -0.1) is 0 Å². The molecule has 0 heterocycles. The largest absolute Gasteiger partial charge is 0.497 e. The number of halogens is 1. The molecular weight excluding hydrogens is 322 g/mol. The predicted octanol–water partition coefficient (Wildman–Crippen LogP) is 3.87. The first-order chi connectivity index (χ1) is 10.4. The molecule has 2 aromatic carbocycles. The standard InChI is InChI=1S/C16H18ClNO3S/c1-4-18(16-10-5-13(17)11-12(16)2)22(19,20)15-8-6-14(21-3)7-9-15/h5-11H,4H2,1-3H3. The molecule has 6 heteroatoms. The molecule has 0 N–H and O–H groups in total. The van der Waals surface area contributed by atoms with Gasteiger partial charge in [-0.1, -0.05) is 11.6 Å². The monoisotopic (exact) mass is 339 g/mol. The molecule has 0 saturated heterocycles. The Hall–Kier alpha value is -1.72. The smallest absolute Gasteiger partial charge is 0.264 e. The quantitative estimate of drug-likeness (QED) is 0.830. The zero-order valence-corrected chi connectivity index (χ0v) is 14.3. The summed E-state index contributed by atoms with van der Waals surface area (Å²) in [5.41, 5.74) is 1.44. The van der Waals surface area contributed by atoms with E-state index in [2.05, 4.69) is 0 Å². The van der Waals surface area contributed by atoms with E-state index >= 15 is 0 Å². The number of anilines is 1. The SMILES string of the molecule is CCN(c1ccc(Cl)cc1C)S(=O)(=O)c1ccc(OC)cc1. The molecule has 0 spiro atoms. The highest BCUT2D eigenvalue weighted by Gasteiger charge is 2.24. The van der Waals surface area contributed by atoms with Crippen molar-refractivity contribution in [3.8, 4) is 5.75 Å². The minimum absolute atomic E-state index is 0.226. The van der Waals surface area contributed by atoms with Crippen molar-refractivity contribution < 1.29 is 13.2 Å². The number of sulfonamides is 1. The Morgan fingerprint density at radius 1 is 1.14 bits per heavy atom. The molecule has 0 saturated carbocycles. The Bertz CT molecular complexity index is 757. The normalized spacial score (nSPS) is 11.3. The van der Waals surface area contributed by atoms with Crippen molar-refractivity contribution >= 4 is 27.3 Å². The Morgan fingerprint density at radius 3 is 2.27 bits per heavy atom. The zero-order valence-electron chi connectivity index (χ0n) is 12.7. The van der Waals surface area contributed by atoms with E-state index in [9.17, 15) is 8.42 Å². The van der Waals surface area contributed by atoms with Gasteiger partial charge < -0.3 is 4.74 Å². The van der Waals surface area contributed by atoms with Crippen LogP contribution in [0.4, 0.5) is 5.69 Å². The first kappa shape index (κ1) is 16.6. The summed E-state index contributed by atoms with van der Waals surface area (Å²) in [5.74, 6) is 0.615. The average Bonchev–Trinajstić information content (AvgIpc) is 2.50. The van der Waals surface area contributed by atoms with Crippen molar-refractivity contribution in [3.63, 3.8) is 0 Å². The number of methoxy groups -OCH3 is 1. The van der Waals surface area contributed by atoms with Gasteiger partial charge in [0.05, 0.1) is 17.7 Å². The summed E-state index contributed by atoms with van der Waals surface area (Å²) in [5, 5.41) is 0.583. The van der Waals surface area contributed by atoms with Crippen LogP contribution in [0.1, 0.15) is 12.5 Å². The molecule has 0 fully saturated rings. The van der Waals surface area contributed by atoms with Gasteiger partial charge in [0.15, 0.2) is 0 Å². The fourth-order valence-corrected chi connectivity index (χ4v) is 4.01. The van der Waals surface area contributed by atoms with Crippen LogP contribution in [-0.2, 0) is 10.0 Å². The molecule has 22 heavy (non-hydrogen) atoms. The molecule has 0 aromatic heterocycles. The van der Waals surface area contributed by atoms with Gasteiger partial charge in [-0.3, -0.25) is 4.31 Å². The summed E-state index contributed by atoms with van der Waals surface area (Å²) in [7, 11) is -2.09. The molecule has 0 aliphatic rings. The molecule has 2 rings (SSSR count). The fourth-order valence-electron chi connectivity index (χ4n) is 2.24. The predicted molar refractivity (Wildman–Crippen MR) is 89.4 cm³/mol. The van der Waals surface area contributed by atoms with E-state index in [-0.39, 0.29) is 4.90 Å². The first-order valence-corrected chi connectivity index (χ1v) is 8.65. The highest BCUT2D eigenvalue weighted by Crippen LogP contribution is 2.29. The van der Waals surface area contributed by atoms with E-state index in [4.69, 9.17) is 16.3 Å². The molecule has 0 amide bonds.